The molecule has 0 heterocycles. The maximum Gasteiger partial charge on any atom is 0.0470 e. The largest absolute Gasteiger partial charge is 0.329 e. The van der Waals surface area contributed by atoms with Crippen molar-refractivity contribution >= 4 is 15.9 Å². The van der Waals surface area contributed by atoms with E-state index in [4.69, 9.17) is 5.73 Å². The molecule has 0 aliphatic carbocycles. The van der Waals surface area contributed by atoms with Gasteiger partial charge >= 0.3 is 0 Å². The highest BCUT2D eigenvalue weighted by Crippen LogP contribution is 2.29. The highest BCUT2D eigenvalue weighted by atomic mass is 79.9. The lowest BCUT2D eigenvalue weighted by Gasteiger charge is -2.40. The molecule has 2 N–H and O–H groups in total. The Hall–Kier alpha value is -0.380. The van der Waals surface area contributed by atoms with Crippen LogP contribution in [0.5, 0.6) is 0 Å². The summed E-state index contributed by atoms with van der Waals surface area (Å²) in [4.78, 5) is 2.38. The summed E-state index contributed by atoms with van der Waals surface area (Å²) in [5.41, 5.74) is 7.50. The first-order valence-electron chi connectivity index (χ1n) is 6.45. The Labute approximate surface area is 120 Å². The Morgan fingerprint density at radius 1 is 1.22 bits per heavy atom. The van der Waals surface area contributed by atoms with Crippen LogP contribution in [0.3, 0.4) is 0 Å². The molecule has 0 bridgehead atoms. The van der Waals surface area contributed by atoms with E-state index < -0.39 is 0 Å². The van der Waals surface area contributed by atoms with Gasteiger partial charge in [-0.2, -0.15) is 0 Å². The van der Waals surface area contributed by atoms with Crippen molar-refractivity contribution < 1.29 is 0 Å². The highest BCUT2D eigenvalue weighted by Gasteiger charge is 2.28. The number of nitrogens with two attached hydrogens (primary N) is 1. The minimum absolute atomic E-state index is 0.248. The Bertz CT molecular complexity index is 367. The fourth-order valence-electron chi connectivity index (χ4n) is 2.10. The zero-order chi connectivity index (χ0) is 13.9. The van der Waals surface area contributed by atoms with Crippen molar-refractivity contribution in [1.82, 2.24) is 4.90 Å². The summed E-state index contributed by atoms with van der Waals surface area (Å²) in [6, 6.07) is 9.18. The molecule has 0 aromatic heterocycles. The van der Waals surface area contributed by atoms with Gasteiger partial charge in [0, 0.05) is 23.1 Å². The van der Waals surface area contributed by atoms with E-state index in [-0.39, 0.29) is 11.5 Å². The molecule has 3 heteroatoms. The average Bonchev–Trinajstić information content (AvgIpc) is 2.30. The summed E-state index contributed by atoms with van der Waals surface area (Å²) in [5.74, 6) is 0. The highest BCUT2D eigenvalue weighted by molar-refractivity contribution is 9.10. The van der Waals surface area contributed by atoms with Crippen molar-refractivity contribution in [3.63, 3.8) is 0 Å². The lowest BCUT2D eigenvalue weighted by molar-refractivity contribution is 0.100. The van der Waals surface area contributed by atoms with Crippen LogP contribution < -0.4 is 5.73 Å². The predicted molar refractivity (Wildman–Crippen MR) is 82.6 cm³/mol. The van der Waals surface area contributed by atoms with E-state index >= 15 is 0 Å². The summed E-state index contributed by atoms with van der Waals surface area (Å²) >= 11 is 3.47. The Morgan fingerprint density at radius 2 is 1.72 bits per heavy atom. The van der Waals surface area contributed by atoms with Crippen molar-refractivity contribution in [2.45, 2.75) is 39.8 Å². The zero-order valence-electron chi connectivity index (χ0n) is 12.1. The van der Waals surface area contributed by atoms with Crippen LogP contribution in [0.4, 0.5) is 0 Å². The Balaban J connectivity index is 2.93. The van der Waals surface area contributed by atoms with Crippen molar-refractivity contribution in [3.8, 4) is 0 Å². The molecule has 0 saturated heterocycles. The van der Waals surface area contributed by atoms with Gasteiger partial charge in [-0.25, -0.2) is 0 Å². The van der Waals surface area contributed by atoms with Crippen LogP contribution in [0.15, 0.2) is 28.7 Å². The molecule has 0 spiro atoms. The maximum absolute atomic E-state index is 5.97. The third-order valence-corrected chi connectivity index (χ3v) is 4.36. The van der Waals surface area contributed by atoms with E-state index in [1.54, 1.807) is 0 Å². The molecule has 102 valence electrons. The van der Waals surface area contributed by atoms with E-state index in [9.17, 15) is 0 Å². The van der Waals surface area contributed by atoms with Gasteiger partial charge in [-0.15, -0.1) is 0 Å². The standard InChI is InChI=1S/C15H25BrN2/c1-11(15(2,3)4)18(5)14(10-17)12-6-8-13(16)9-7-12/h6-9,11,14H,10,17H2,1-5H3. The molecule has 0 fully saturated rings. The van der Waals surface area contributed by atoms with Crippen LogP contribution in [0.2, 0.25) is 0 Å². The average molecular weight is 313 g/mol. The van der Waals surface area contributed by atoms with Gasteiger partial charge < -0.3 is 5.73 Å². The second kappa shape index (κ2) is 6.18. The van der Waals surface area contributed by atoms with Gasteiger partial charge in [-0.1, -0.05) is 48.8 Å². The molecule has 0 amide bonds. The molecule has 2 unspecified atom stereocenters. The summed E-state index contributed by atoms with van der Waals surface area (Å²) < 4.78 is 1.11. The maximum atomic E-state index is 5.97. The van der Waals surface area contributed by atoms with Gasteiger partial charge in [0.15, 0.2) is 0 Å². The topological polar surface area (TPSA) is 29.3 Å². The van der Waals surface area contributed by atoms with Crippen molar-refractivity contribution in [3.05, 3.63) is 34.3 Å². The molecule has 18 heavy (non-hydrogen) atoms. The number of nitrogens with zero attached hydrogens (tertiary/aromatic N) is 1. The number of hydrogen-bond acceptors (Lipinski definition) is 2. The number of benzene rings is 1. The smallest absolute Gasteiger partial charge is 0.0470 e. The second-order valence-corrected chi connectivity index (χ2v) is 6.93. The Kier molecular flexibility index (Phi) is 5.38. The van der Waals surface area contributed by atoms with E-state index in [1.165, 1.54) is 5.56 Å². The number of likely N-dealkylation sites (N-methyl/N-ethyl adjacent to an activating group) is 1. The van der Waals surface area contributed by atoms with E-state index in [0.29, 0.717) is 12.6 Å². The third kappa shape index (κ3) is 3.81. The zero-order valence-corrected chi connectivity index (χ0v) is 13.7. The third-order valence-electron chi connectivity index (χ3n) is 3.83. The van der Waals surface area contributed by atoms with Gasteiger partial charge in [-0.3, -0.25) is 4.90 Å². The molecule has 1 aromatic carbocycles. The van der Waals surface area contributed by atoms with Gasteiger partial charge in [0.2, 0.25) is 0 Å². The van der Waals surface area contributed by atoms with Crippen LogP contribution in [-0.4, -0.2) is 24.5 Å². The first-order valence-corrected chi connectivity index (χ1v) is 7.24. The number of halogens is 1. The summed E-state index contributed by atoms with van der Waals surface area (Å²) in [6.45, 7) is 9.70. The van der Waals surface area contributed by atoms with E-state index in [1.807, 2.05) is 0 Å². The molecule has 0 saturated carbocycles. The Morgan fingerprint density at radius 3 is 2.11 bits per heavy atom. The van der Waals surface area contributed by atoms with E-state index in [0.717, 1.165) is 4.47 Å². The molecule has 2 nitrogen and oxygen atoms in total. The molecule has 2 atom stereocenters. The van der Waals surface area contributed by atoms with Crippen LogP contribution in [0.1, 0.15) is 39.3 Å². The molecule has 0 aliphatic heterocycles. The summed E-state index contributed by atoms with van der Waals surface area (Å²) in [5, 5.41) is 0. The van der Waals surface area contributed by atoms with E-state index in [2.05, 4.69) is 79.8 Å². The second-order valence-electron chi connectivity index (χ2n) is 6.01. The molecule has 0 aliphatic rings. The molecule has 1 aromatic rings. The fraction of sp³-hybridized carbons (Fsp3) is 0.600. The van der Waals surface area contributed by atoms with Crippen LogP contribution >= 0.6 is 15.9 Å². The van der Waals surface area contributed by atoms with Crippen molar-refractivity contribution in [2.75, 3.05) is 13.6 Å². The molecular weight excluding hydrogens is 288 g/mol. The quantitative estimate of drug-likeness (QED) is 0.916. The van der Waals surface area contributed by atoms with Gasteiger partial charge in [0.25, 0.3) is 0 Å². The van der Waals surface area contributed by atoms with Crippen molar-refractivity contribution in [1.29, 1.82) is 0 Å². The molecule has 1 rings (SSSR count). The summed E-state index contributed by atoms with van der Waals surface area (Å²) in [6.07, 6.45) is 0. The first kappa shape index (κ1) is 15.7. The SMILES string of the molecule is CC(N(C)C(CN)c1ccc(Br)cc1)C(C)(C)C. The number of hydrogen-bond donors (Lipinski definition) is 1. The van der Waals surface area contributed by atoms with Crippen LogP contribution in [0, 0.1) is 5.41 Å². The number of rotatable bonds is 4. The molecule has 0 radical (unpaired) electrons. The summed E-state index contributed by atoms with van der Waals surface area (Å²) in [7, 11) is 2.16. The minimum Gasteiger partial charge on any atom is -0.329 e. The van der Waals surface area contributed by atoms with Gasteiger partial charge in [-0.05, 0) is 37.1 Å². The first-order chi connectivity index (χ1) is 8.27. The van der Waals surface area contributed by atoms with Crippen LogP contribution in [-0.2, 0) is 0 Å². The normalized spacial score (nSPS) is 15.8. The molecular formula is C15H25BrN2. The monoisotopic (exact) mass is 312 g/mol. The minimum atomic E-state index is 0.248. The lowest BCUT2D eigenvalue weighted by Crippen LogP contribution is -2.43. The van der Waals surface area contributed by atoms with Crippen LogP contribution in [0.25, 0.3) is 0 Å². The predicted octanol–water partition coefficient (Wildman–Crippen LogP) is 3.82. The fourth-order valence-corrected chi connectivity index (χ4v) is 2.37. The lowest BCUT2D eigenvalue weighted by atomic mass is 9.86. The van der Waals surface area contributed by atoms with Gasteiger partial charge in [0.05, 0.1) is 0 Å². The van der Waals surface area contributed by atoms with Crippen molar-refractivity contribution in [2.24, 2.45) is 11.1 Å². The van der Waals surface area contributed by atoms with Gasteiger partial charge in [0.1, 0.15) is 0 Å².